The third-order valence-corrected chi connectivity index (χ3v) is 6.15. The first-order valence-corrected chi connectivity index (χ1v) is 13.1. The summed E-state index contributed by atoms with van der Waals surface area (Å²) in [6, 6.07) is 0. The highest BCUT2D eigenvalue weighted by atomic mass is 16.4. The average Bonchev–Trinajstić information content (AvgIpc) is 2.72. The van der Waals surface area contributed by atoms with Crippen LogP contribution in [0.5, 0.6) is 0 Å². The van der Waals surface area contributed by atoms with Gasteiger partial charge in [0.25, 0.3) is 0 Å². The molecule has 2 atom stereocenters. The maximum absolute atomic E-state index is 10.4. The Balaban J connectivity index is 3.21. The van der Waals surface area contributed by atoms with Gasteiger partial charge in [0.2, 0.25) is 0 Å². The minimum Gasteiger partial charge on any atom is -0.481 e. The van der Waals surface area contributed by atoms with E-state index in [9.17, 15) is 15.0 Å². The van der Waals surface area contributed by atoms with E-state index < -0.39 is 5.97 Å². The Morgan fingerprint density at radius 3 is 1.23 bits per heavy atom. The van der Waals surface area contributed by atoms with E-state index in [1.165, 1.54) is 83.5 Å². The summed E-state index contributed by atoms with van der Waals surface area (Å²) in [5, 5.41) is 28.6. The van der Waals surface area contributed by atoms with E-state index in [1.807, 2.05) is 0 Å². The predicted octanol–water partition coefficient (Wildman–Crippen LogP) is 7.39. The summed E-state index contributed by atoms with van der Waals surface area (Å²) in [5.41, 5.74) is 0. The van der Waals surface area contributed by atoms with Crippen molar-refractivity contribution in [2.24, 2.45) is 0 Å². The van der Waals surface area contributed by atoms with Crippen LogP contribution in [0.25, 0.3) is 0 Å². The highest BCUT2D eigenvalue weighted by Crippen LogP contribution is 2.16. The molecule has 0 aromatic rings. The van der Waals surface area contributed by atoms with E-state index >= 15 is 0 Å². The second kappa shape index (κ2) is 23.1. The van der Waals surface area contributed by atoms with Crippen molar-refractivity contribution in [1.29, 1.82) is 0 Å². The minimum absolute atomic E-state index is 0.227. The van der Waals surface area contributed by atoms with Gasteiger partial charge in [-0.1, -0.05) is 110 Å². The van der Waals surface area contributed by atoms with E-state index in [0.29, 0.717) is 6.42 Å². The van der Waals surface area contributed by atoms with Gasteiger partial charge in [-0.15, -0.1) is 0 Å². The summed E-state index contributed by atoms with van der Waals surface area (Å²) in [7, 11) is 0. The highest BCUT2D eigenvalue weighted by Gasteiger charge is 2.09. The summed E-state index contributed by atoms with van der Waals surface area (Å²) in [4.78, 5) is 10.4. The highest BCUT2D eigenvalue weighted by molar-refractivity contribution is 5.66. The molecule has 0 amide bonds. The predicted molar refractivity (Wildman–Crippen MR) is 127 cm³/mol. The average molecular weight is 429 g/mol. The molecule has 0 rings (SSSR count). The van der Waals surface area contributed by atoms with Gasteiger partial charge in [0.1, 0.15) is 0 Å². The van der Waals surface area contributed by atoms with Gasteiger partial charge in [-0.2, -0.15) is 0 Å². The van der Waals surface area contributed by atoms with Crippen LogP contribution in [0, 0.1) is 0 Å². The summed E-state index contributed by atoms with van der Waals surface area (Å²) in [6.07, 6.45) is 23.8. The van der Waals surface area contributed by atoms with Crippen LogP contribution in [0.15, 0.2) is 0 Å². The molecule has 0 bridgehead atoms. The van der Waals surface area contributed by atoms with E-state index in [2.05, 4.69) is 6.92 Å². The van der Waals surface area contributed by atoms with Gasteiger partial charge in [-0.05, 0) is 32.1 Å². The Morgan fingerprint density at radius 2 is 0.867 bits per heavy atom. The zero-order valence-corrected chi connectivity index (χ0v) is 20.0. The molecule has 0 saturated heterocycles. The molecule has 0 spiro atoms. The Kier molecular flexibility index (Phi) is 22.6. The lowest BCUT2D eigenvalue weighted by atomic mass is 10.0. The fourth-order valence-electron chi connectivity index (χ4n) is 4.08. The number of unbranched alkanes of at least 4 members (excludes halogenated alkanes) is 15. The number of carbonyl (C=O) groups is 1. The Hall–Kier alpha value is -0.610. The molecule has 0 aromatic carbocycles. The van der Waals surface area contributed by atoms with Crippen molar-refractivity contribution in [2.45, 2.75) is 160 Å². The molecule has 4 heteroatoms. The number of aliphatic hydroxyl groups is 2. The van der Waals surface area contributed by atoms with E-state index in [4.69, 9.17) is 5.11 Å². The fourth-order valence-corrected chi connectivity index (χ4v) is 4.08. The van der Waals surface area contributed by atoms with Gasteiger partial charge in [0.15, 0.2) is 0 Å². The Labute approximate surface area is 186 Å². The van der Waals surface area contributed by atoms with Crippen molar-refractivity contribution >= 4 is 5.97 Å². The Morgan fingerprint density at radius 1 is 0.533 bits per heavy atom. The number of aliphatic hydroxyl groups excluding tert-OH is 2. The van der Waals surface area contributed by atoms with Crippen LogP contribution in [0.1, 0.15) is 148 Å². The lowest BCUT2D eigenvalue weighted by Crippen LogP contribution is -2.13. The van der Waals surface area contributed by atoms with Crippen molar-refractivity contribution in [3.8, 4) is 0 Å². The number of hydrogen-bond donors (Lipinski definition) is 3. The summed E-state index contributed by atoms with van der Waals surface area (Å²) in [5.74, 6) is -0.670. The zero-order valence-electron chi connectivity index (χ0n) is 20.0. The molecule has 4 nitrogen and oxygen atoms in total. The van der Waals surface area contributed by atoms with Crippen LogP contribution in [-0.2, 0) is 4.79 Å². The summed E-state index contributed by atoms with van der Waals surface area (Å²) < 4.78 is 0. The smallest absolute Gasteiger partial charge is 0.303 e. The third kappa shape index (κ3) is 23.7. The van der Waals surface area contributed by atoms with Gasteiger partial charge < -0.3 is 15.3 Å². The molecular formula is C26H52O4. The number of aliphatic carboxylic acids is 1. The van der Waals surface area contributed by atoms with E-state index in [1.54, 1.807) is 0 Å². The third-order valence-electron chi connectivity index (χ3n) is 6.15. The zero-order chi connectivity index (χ0) is 22.3. The number of carboxylic acids is 1. The van der Waals surface area contributed by atoms with E-state index in [-0.39, 0.29) is 12.2 Å². The molecule has 0 aliphatic rings. The fraction of sp³-hybridized carbons (Fsp3) is 0.962. The first-order valence-electron chi connectivity index (χ1n) is 13.1. The van der Waals surface area contributed by atoms with Gasteiger partial charge in [0, 0.05) is 6.42 Å². The monoisotopic (exact) mass is 428 g/mol. The maximum atomic E-state index is 10.4. The molecule has 30 heavy (non-hydrogen) atoms. The van der Waals surface area contributed by atoms with Gasteiger partial charge in [-0.25, -0.2) is 0 Å². The molecule has 0 aliphatic carbocycles. The standard InChI is InChI=1S/C26H52O4/c1-2-3-16-19-24(27)22-23-25(28)20-17-14-12-10-8-6-4-5-7-9-11-13-15-18-21-26(29)30/h24-25,27-28H,2-23H2,1H3,(H,29,30). The van der Waals surface area contributed by atoms with Crippen molar-refractivity contribution < 1.29 is 20.1 Å². The first-order chi connectivity index (χ1) is 14.6. The van der Waals surface area contributed by atoms with Crippen LogP contribution < -0.4 is 0 Å². The van der Waals surface area contributed by atoms with Crippen molar-refractivity contribution in [3.63, 3.8) is 0 Å². The van der Waals surface area contributed by atoms with Gasteiger partial charge >= 0.3 is 5.97 Å². The van der Waals surface area contributed by atoms with Crippen LogP contribution in [0.3, 0.4) is 0 Å². The quantitative estimate of drug-likeness (QED) is 0.140. The molecule has 0 saturated carbocycles. The van der Waals surface area contributed by atoms with Crippen molar-refractivity contribution in [3.05, 3.63) is 0 Å². The van der Waals surface area contributed by atoms with Crippen LogP contribution in [0.2, 0.25) is 0 Å². The Bertz CT molecular complexity index is 359. The normalized spacial score (nSPS) is 13.4. The molecule has 0 aliphatic heterocycles. The lowest BCUT2D eigenvalue weighted by molar-refractivity contribution is -0.137. The molecular weight excluding hydrogens is 376 g/mol. The number of rotatable bonds is 24. The molecule has 2 unspecified atom stereocenters. The van der Waals surface area contributed by atoms with Crippen LogP contribution in [-0.4, -0.2) is 33.5 Å². The molecule has 0 heterocycles. The van der Waals surface area contributed by atoms with Crippen molar-refractivity contribution in [1.82, 2.24) is 0 Å². The molecule has 0 radical (unpaired) electrons. The SMILES string of the molecule is CCCCCC(O)CCC(O)CCCCCCCCCCCCCCCCC(=O)O. The van der Waals surface area contributed by atoms with Crippen LogP contribution in [0.4, 0.5) is 0 Å². The minimum atomic E-state index is -0.670. The largest absolute Gasteiger partial charge is 0.481 e. The number of carboxylic acid groups (broad SMARTS) is 1. The lowest BCUT2D eigenvalue weighted by Gasteiger charge is -2.14. The second-order valence-corrected chi connectivity index (χ2v) is 9.26. The topological polar surface area (TPSA) is 77.8 Å². The molecule has 3 N–H and O–H groups in total. The molecule has 0 fully saturated rings. The maximum Gasteiger partial charge on any atom is 0.303 e. The first kappa shape index (κ1) is 29.4. The van der Waals surface area contributed by atoms with E-state index in [0.717, 1.165) is 51.4 Å². The second-order valence-electron chi connectivity index (χ2n) is 9.26. The molecule has 0 aromatic heterocycles. The van der Waals surface area contributed by atoms with Crippen molar-refractivity contribution in [2.75, 3.05) is 0 Å². The van der Waals surface area contributed by atoms with Gasteiger partial charge in [-0.3, -0.25) is 4.79 Å². The van der Waals surface area contributed by atoms with Gasteiger partial charge in [0.05, 0.1) is 12.2 Å². The summed E-state index contributed by atoms with van der Waals surface area (Å²) >= 11 is 0. The molecule has 180 valence electrons. The number of hydrogen-bond acceptors (Lipinski definition) is 3. The van der Waals surface area contributed by atoms with Crippen LogP contribution >= 0.6 is 0 Å². The summed E-state index contributed by atoms with van der Waals surface area (Å²) in [6.45, 7) is 2.18.